The molecule has 0 N–H and O–H groups in total. The minimum Gasteiger partial charge on any atom is -0.454 e. The molecule has 1 heterocycles. The third kappa shape index (κ3) is 6.82. The third-order valence-corrected chi connectivity index (χ3v) is 6.85. The number of esters is 3. The average Bonchev–Trinajstić information content (AvgIpc) is 2.97. The third-order valence-electron chi connectivity index (χ3n) is 6.85. The average molecular weight is 563 g/mol. The fraction of sp³-hybridized carbons (Fsp3) is 0.344. The van der Waals surface area contributed by atoms with Crippen LogP contribution in [-0.4, -0.2) is 62.5 Å². The zero-order chi connectivity index (χ0) is 29.4. The summed E-state index contributed by atoms with van der Waals surface area (Å²) in [5.41, 5.74) is 2.04. The van der Waals surface area contributed by atoms with Crippen LogP contribution in [0.4, 0.5) is 0 Å². The molecule has 1 fully saturated rings. The van der Waals surface area contributed by atoms with Crippen LogP contribution in [0.15, 0.2) is 91.0 Å². The number of rotatable bonds is 10. The molecule has 9 heteroatoms. The fourth-order valence-electron chi connectivity index (χ4n) is 5.19. The predicted octanol–water partition coefficient (Wildman–Crippen LogP) is 4.16. The van der Waals surface area contributed by atoms with Crippen LogP contribution in [0.25, 0.3) is 0 Å². The highest BCUT2D eigenvalue weighted by Gasteiger charge is 2.53. The lowest BCUT2D eigenvalue weighted by atomic mass is 9.70. The molecule has 41 heavy (non-hydrogen) atoms. The second kappa shape index (κ2) is 13.5. The van der Waals surface area contributed by atoms with E-state index in [1.54, 1.807) is 0 Å². The lowest BCUT2D eigenvalue weighted by Gasteiger charge is -2.45. The maximum absolute atomic E-state index is 12.2. The van der Waals surface area contributed by atoms with Gasteiger partial charge in [0.15, 0.2) is 18.3 Å². The van der Waals surface area contributed by atoms with Crippen molar-refractivity contribution in [2.24, 2.45) is 0 Å². The van der Waals surface area contributed by atoms with Crippen LogP contribution in [0.1, 0.15) is 37.5 Å². The van der Waals surface area contributed by atoms with Gasteiger partial charge in [-0.2, -0.15) is 0 Å². The van der Waals surface area contributed by atoms with Crippen molar-refractivity contribution in [3.63, 3.8) is 0 Å². The Morgan fingerprint density at radius 3 is 1.34 bits per heavy atom. The van der Waals surface area contributed by atoms with Crippen molar-refractivity contribution in [1.82, 2.24) is 0 Å². The smallest absolute Gasteiger partial charge is 0.303 e. The molecular formula is C32H34O9. The lowest BCUT2D eigenvalue weighted by molar-refractivity contribution is -0.349. The van der Waals surface area contributed by atoms with Crippen molar-refractivity contribution in [1.29, 1.82) is 0 Å². The Balaban J connectivity index is 1.80. The molecule has 216 valence electrons. The molecule has 3 aromatic rings. The number of benzene rings is 3. The second-order valence-electron chi connectivity index (χ2n) is 9.65. The first-order valence-electron chi connectivity index (χ1n) is 13.2. The molecule has 0 bridgehead atoms. The molecule has 1 aliphatic rings. The van der Waals surface area contributed by atoms with Gasteiger partial charge >= 0.3 is 17.9 Å². The van der Waals surface area contributed by atoms with Crippen LogP contribution in [-0.2, 0) is 48.2 Å². The van der Waals surface area contributed by atoms with Crippen LogP contribution in [0.3, 0.4) is 0 Å². The minimum absolute atomic E-state index is 0.0366. The van der Waals surface area contributed by atoms with Crippen molar-refractivity contribution < 1.29 is 42.8 Å². The summed E-state index contributed by atoms with van der Waals surface area (Å²) < 4.78 is 34.6. The molecule has 0 amide bonds. The van der Waals surface area contributed by atoms with Gasteiger partial charge in [0.1, 0.15) is 0 Å². The Hall–Kier alpha value is -4.05. The van der Waals surface area contributed by atoms with Crippen molar-refractivity contribution in [3.8, 4) is 0 Å². The maximum Gasteiger partial charge on any atom is 0.303 e. The van der Waals surface area contributed by atoms with Gasteiger partial charge in [-0.05, 0) is 16.7 Å². The highest BCUT2D eigenvalue weighted by atomic mass is 16.8. The molecule has 1 aliphatic heterocycles. The topological polar surface area (TPSA) is 107 Å². The first-order chi connectivity index (χ1) is 19.8. The number of carbonyl (C=O) groups is 3. The van der Waals surface area contributed by atoms with Crippen LogP contribution in [0, 0.1) is 0 Å². The van der Waals surface area contributed by atoms with Gasteiger partial charge in [-0.1, -0.05) is 91.0 Å². The minimum atomic E-state index is -1.27. The molecule has 9 nitrogen and oxygen atoms in total. The summed E-state index contributed by atoms with van der Waals surface area (Å²) in [5.74, 6) is -2.00. The highest BCUT2D eigenvalue weighted by Crippen LogP contribution is 2.41. The van der Waals surface area contributed by atoms with E-state index in [9.17, 15) is 14.4 Å². The van der Waals surface area contributed by atoms with Gasteiger partial charge in [-0.25, -0.2) is 0 Å². The van der Waals surface area contributed by atoms with Crippen LogP contribution >= 0.6 is 0 Å². The number of hydrogen-bond acceptors (Lipinski definition) is 9. The van der Waals surface area contributed by atoms with E-state index in [0.29, 0.717) is 0 Å². The van der Waals surface area contributed by atoms with Gasteiger partial charge in [0.05, 0.1) is 12.0 Å². The van der Waals surface area contributed by atoms with E-state index in [1.165, 1.54) is 27.9 Å². The largest absolute Gasteiger partial charge is 0.454 e. The molecule has 0 radical (unpaired) electrons. The second-order valence-corrected chi connectivity index (χ2v) is 9.65. The molecule has 5 atom stereocenters. The van der Waals surface area contributed by atoms with E-state index in [1.807, 2.05) is 91.0 Å². The predicted molar refractivity (Wildman–Crippen MR) is 147 cm³/mol. The highest BCUT2D eigenvalue weighted by molar-refractivity contribution is 5.68. The number of ether oxygens (including phenoxy) is 6. The van der Waals surface area contributed by atoms with Crippen molar-refractivity contribution in [2.45, 2.75) is 57.1 Å². The van der Waals surface area contributed by atoms with Gasteiger partial charge in [0, 0.05) is 27.9 Å². The number of carbonyl (C=O) groups excluding carboxylic acids is 3. The Bertz CT molecular complexity index is 1200. The van der Waals surface area contributed by atoms with Crippen molar-refractivity contribution in [3.05, 3.63) is 108 Å². The summed E-state index contributed by atoms with van der Waals surface area (Å²) in [6.07, 6.45) is -6.18. The Morgan fingerprint density at radius 1 is 0.610 bits per heavy atom. The van der Waals surface area contributed by atoms with Crippen LogP contribution < -0.4 is 0 Å². The first-order valence-corrected chi connectivity index (χ1v) is 13.2. The Labute approximate surface area is 239 Å². The number of methoxy groups -OCH3 is 1. The van der Waals surface area contributed by atoms with Crippen LogP contribution in [0.2, 0.25) is 0 Å². The van der Waals surface area contributed by atoms with Gasteiger partial charge in [0.2, 0.25) is 12.6 Å². The summed E-state index contributed by atoms with van der Waals surface area (Å²) in [7, 11) is 1.36. The van der Waals surface area contributed by atoms with Gasteiger partial charge in [0.25, 0.3) is 0 Å². The molecule has 0 aliphatic carbocycles. The summed E-state index contributed by atoms with van der Waals surface area (Å²) in [5, 5.41) is 0. The van der Waals surface area contributed by atoms with E-state index < -0.39 is 54.2 Å². The number of hydrogen-bond donors (Lipinski definition) is 0. The molecule has 0 saturated carbocycles. The molecule has 0 spiro atoms. The SMILES string of the molecule is CO[C@H]1O[C@H](OCC(c2ccccc2)(c2ccccc2)c2ccccc2)[C@@H](OC(C)=O)[C@H](OC(C)=O)[C@@H]1OC(C)=O. The van der Waals surface area contributed by atoms with Crippen molar-refractivity contribution >= 4 is 17.9 Å². The summed E-state index contributed by atoms with van der Waals surface area (Å²) in [6, 6.07) is 29.7. The monoisotopic (exact) mass is 562 g/mol. The summed E-state index contributed by atoms with van der Waals surface area (Å²) in [4.78, 5) is 36.3. The lowest BCUT2D eigenvalue weighted by Crippen LogP contribution is -2.62. The Morgan fingerprint density at radius 2 is 0.976 bits per heavy atom. The molecular weight excluding hydrogens is 528 g/mol. The fourth-order valence-corrected chi connectivity index (χ4v) is 5.19. The van der Waals surface area contributed by atoms with E-state index in [4.69, 9.17) is 28.4 Å². The zero-order valence-corrected chi connectivity index (χ0v) is 23.4. The summed E-state index contributed by atoms with van der Waals surface area (Å²) in [6.45, 7) is 3.66. The zero-order valence-electron chi connectivity index (χ0n) is 23.4. The summed E-state index contributed by atoms with van der Waals surface area (Å²) >= 11 is 0. The molecule has 1 saturated heterocycles. The van der Waals surface area contributed by atoms with Gasteiger partial charge in [-0.15, -0.1) is 0 Å². The quantitative estimate of drug-likeness (QED) is 0.205. The van der Waals surface area contributed by atoms with Crippen LogP contribution in [0.5, 0.6) is 0 Å². The van der Waals surface area contributed by atoms with Crippen molar-refractivity contribution in [2.75, 3.05) is 13.7 Å². The van der Waals surface area contributed by atoms with E-state index >= 15 is 0 Å². The van der Waals surface area contributed by atoms with E-state index in [0.717, 1.165) is 16.7 Å². The van der Waals surface area contributed by atoms with E-state index in [-0.39, 0.29) is 6.61 Å². The molecule has 3 aromatic carbocycles. The van der Waals surface area contributed by atoms with Gasteiger partial charge < -0.3 is 28.4 Å². The van der Waals surface area contributed by atoms with E-state index in [2.05, 4.69) is 0 Å². The molecule has 4 rings (SSSR count). The first kappa shape index (κ1) is 29.9. The molecule has 0 unspecified atom stereocenters. The van der Waals surface area contributed by atoms with Gasteiger partial charge in [-0.3, -0.25) is 14.4 Å². The maximum atomic E-state index is 12.2. The Kier molecular flexibility index (Phi) is 9.88. The molecule has 0 aromatic heterocycles. The normalized spacial score (nSPS) is 22.4. The standard InChI is InChI=1S/C32H34O9/c1-21(33)38-27-28(39-22(2)34)30(36-4)41-31(29(27)40-23(3)35)37-20-32(24-14-8-5-9-15-24,25-16-10-6-11-17-25)26-18-12-7-13-19-26/h5-19,27-31H,20H2,1-4H3/t27-,28+,29+,30+,31+/m1/s1.